The van der Waals surface area contributed by atoms with Gasteiger partial charge in [-0.25, -0.2) is 14.6 Å². The van der Waals surface area contributed by atoms with E-state index in [4.69, 9.17) is 9.72 Å². The van der Waals surface area contributed by atoms with E-state index in [9.17, 15) is 4.79 Å². The SMILES string of the molecule is COc1ccc2c(c1)CCc1cnc(-n3ncc(C(=O)N(C)CCc4ccccn4)c3C)nc1-2. The van der Waals surface area contributed by atoms with Crippen LogP contribution in [0.5, 0.6) is 5.75 Å². The maximum atomic E-state index is 13.1. The first kappa shape index (κ1) is 21.8. The van der Waals surface area contributed by atoms with Gasteiger partial charge in [0.05, 0.1) is 30.3 Å². The fourth-order valence-electron chi connectivity index (χ4n) is 4.28. The zero-order chi connectivity index (χ0) is 23.7. The van der Waals surface area contributed by atoms with Gasteiger partial charge in [-0.2, -0.15) is 5.10 Å². The van der Waals surface area contributed by atoms with Gasteiger partial charge in [-0.3, -0.25) is 9.78 Å². The number of fused-ring (bicyclic) bond motifs is 3. The van der Waals surface area contributed by atoms with Gasteiger partial charge in [0.2, 0.25) is 0 Å². The fourth-order valence-corrected chi connectivity index (χ4v) is 4.28. The Morgan fingerprint density at radius 3 is 2.76 bits per heavy atom. The second-order valence-electron chi connectivity index (χ2n) is 8.42. The molecule has 0 atom stereocenters. The molecule has 0 aliphatic heterocycles. The Morgan fingerprint density at radius 2 is 1.97 bits per heavy atom. The van der Waals surface area contributed by atoms with Crippen LogP contribution in [0.4, 0.5) is 0 Å². The summed E-state index contributed by atoms with van der Waals surface area (Å²) < 4.78 is 7.01. The molecule has 5 rings (SSSR count). The minimum atomic E-state index is -0.0879. The molecule has 8 nitrogen and oxygen atoms in total. The second-order valence-corrected chi connectivity index (χ2v) is 8.42. The summed E-state index contributed by atoms with van der Waals surface area (Å²) in [6.07, 6.45) is 7.71. The van der Waals surface area contributed by atoms with Crippen LogP contribution in [-0.2, 0) is 19.3 Å². The van der Waals surface area contributed by atoms with Gasteiger partial charge in [0.25, 0.3) is 11.9 Å². The number of likely N-dealkylation sites (N-methyl/N-ethyl adjacent to an activating group) is 1. The van der Waals surface area contributed by atoms with Gasteiger partial charge in [0, 0.05) is 43.7 Å². The smallest absolute Gasteiger partial charge is 0.257 e. The highest BCUT2D eigenvalue weighted by Crippen LogP contribution is 2.34. The van der Waals surface area contributed by atoms with Gasteiger partial charge in [0.15, 0.2) is 0 Å². The summed E-state index contributed by atoms with van der Waals surface area (Å²) in [7, 11) is 3.47. The number of amides is 1. The largest absolute Gasteiger partial charge is 0.497 e. The number of hydrogen-bond acceptors (Lipinski definition) is 6. The fraction of sp³-hybridized carbons (Fsp3) is 0.269. The molecule has 1 aromatic carbocycles. The predicted molar refractivity (Wildman–Crippen MR) is 128 cm³/mol. The molecule has 3 heterocycles. The molecule has 0 bridgehead atoms. The van der Waals surface area contributed by atoms with Crippen molar-refractivity contribution < 1.29 is 9.53 Å². The van der Waals surface area contributed by atoms with Crippen LogP contribution in [0.2, 0.25) is 0 Å². The van der Waals surface area contributed by atoms with Gasteiger partial charge < -0.3 is 9.64 Å². The first-order chi connectivity index (χ1) is 16.5. The summed E-state index contributed by atoms with van der Waals surface area (Å²) in [5.74, 6) is 1.21. The van der Waals surface area contributed by atoms with Crippen molar-refractivity contribution in [1.82, 2.24) is 29.6 Å². The number of aryl methyl sites for hydroxylation is 2. The second kappa shape index (κ2) is 9.05. The van der Waals surface area contributed by atoms with E-state index in [1.54, 1.807) is 36.1 Å². The number of carbonyl (C=O) groups excluding carboxylic acids is 1. The van der Waals surface area contributed by atoms with Crippen LogP contribution in [0.25, 0.3) is 17.2 Å². The van der Waals surface area contributed by atoms with E-state index in [1.165, 1.54) is 5.56 Å². The van der Waals surface area contributed by atoms with E-state index in [2.05, 4.69) is 21.1 Å². The monoisotopic (exact) mass is 454 g/mol. The Hall–Kier alpha value is -4.07. The molecule has 1 aliphatic rings. The third-order valence-corrected chi connectivity index (χ3v) is 6.29. The van der Waals surface area contributed by atoms with Crippen LogP contribution in [-0.4, -0.2) is 56.2 Å². The third-order valence-electron chi connectivity index (χ3n) is 6.29. The lowest BCUT2D eigenvalue weighted by atomic mass is 9.90. The van der Waals surface area contributed by atoms with Crippen LogP contribution in [0.15, 0.2) is 55.0 Å². The number of pyridine rings is 1. The molecule has 3 aromatic heterocycles. The number of benzene rings is 1. The number of hydrogen-bond donors (Lipinski definition) is 0. The van der Waals surface area contributed by atoms with E-state index in [-0.39, 0.29) is 5.91 Å². The molecule has 172 valence electrons. The predicted octanol–water partition coefficient (Wildman–Crippen LogP) is 3.45. The Balaban J connectivity index is 1.39. The first-order valence-corrected chi connectivity index (χ1v) is 11.3. The molecule has 1 aliphatic carbocycles. The number of ether oxygens (including phenoxy) is 1. The van der Waals surface area contributed by atoms with Gasteiger partial charge >= 0.3 is 0 Å². The average Bonchev–Trinajstić information content (AvgIpc) is 3.27. The van der Waals surface area contributed by atoms with Gasteiger partial charge in [-0.15, -0.1) is 0 Å². The Bertz CT molecular complexity index is 1350. The number of nitrogens with zero attached hydrogens (tertiary/aromatic N) is 6. The molecule has 0 saturated carbocycles. The number of aromatic nitrogens is 5. The molecular weight excluding hydrogens is 428 g/mol. The molecule has 0 fully saturated rings. The van der Waals surface area contributed by atoms with Crippen molar-refractivity contribution in [3.63, 3.8) is 0 Å². The van der Waals surface area contributed by atoms with E-state index in [0.717, 1.165) is 41.1 Å². The summed E-state index contributed by atoms with van der Waals surface area (Å²) in [6, 6.07) is 11.9. The molecule has 34 heavy (non-hydrogen) atoms. The molecule has 0 N–H and O–H groups in total. The summed E-state index contributed by atoms with van der Waals surface area (Å²) in [4.78, 5) is 28.5. The van der Waals surface area contributed by atoms with Crippen LogP contribution < -0.4 is 4.74 Å². The average molecular weight is 455 g/mol. The number of methoxy groups -OCH3 is 1. The molecule has 4 aromatic rings. The van der Waals surface area contributed by atoms with E-state index >= 15 is 0 Å². The Kier molecular flexibility index (Phi) is 5.79. The maximum absolute atomic E-state index is 13.1. The van der Waals surface area contributed by atoms with Crippen LogP contribution in [0.3, 0.4) is 0 Å². The molecule has 0 radical (unpaired) electrons. The first-order valence-electron chi connectivity index (χ1n) is 11.3. The quantitative estimate of drug-likeness (QED) is 0.444. The molecular formula is C26H26N6O2. The number of rotatable bonds is 6. The normalized spacial score (nSPS) is 12.1. The summed E-state index contributed by atoms with van der Waals surface area (Å²) >= 11 is 0. The minimum Gasteiger partial charge on any atom is -0.497 e. The molecule has 8 heteroatoms. The summed E-state index contributed by atoms with van der Waals surface area (Å²) in [6.45, 7) is 2.44. The van der Waals surface area contributed by atoms with Crippen molar-refractivity contribution in [2.24, 2.45) is 0 Å². The lowest BCUT2D eigenvalue weighted by Crippen LogP contribution is -2.29. The van der Waals surface area contributed by atoms with Gasteiger partial charge in [-0.05, 0) is 61.2 Å². The summed E-state index contributed by atoms with van der Waals surface area (Å²) in [5.41, 5.74) is 6.51. The molecule has 0 saturated heterocycles. The highest BCUT2D eigenvalue weighted by molar-refractivity contribution is 5.95. The lowest BCUT2D eigenvalue weighted by Gasteiger charge is -2.20. The highest BCUT2D eigenvalue weighted by atomic mass is 16.5. The maximum Gasteiger partial charge on any atom is 0.257 e. The molecule has 1 amide bonds. The Labute approximate surface area is 198 Å². The minimum absolute atomic E-state index is 0.0879. The molecule has 0 unspecified atom stereocenters. The van der Waals surface area contributed by atoms with Crippen LogP contribution in [0, 0.1) is 6.92 Å². The van der Waals surface area contributed by atoms with Gasteiger partial charge in [0.1, 0.15) is 5.75 Å². The van der Waals surface area contributed by atoms with Crippen molar-refractivity contribution in [3.8, 4) is 23.0 Å². The Morgan fingerprint density at radius 1 is 1.12 bits per heavy atom. The van der Waals surface area contributed by atoms with Crippen LogP contribution >= 0.6 is 0 Å². The van der Waals surface area contributed by atoms with Crippen LogP contribution in [0.1, 0.15) is 32.9 Å². The van der Waals surface area contributed by atoms with Crippen molar-refractivity contribution in [1.29, 1.82) is 0 Å². The van der Waals surface area contributed by atoms with Crippen molar-refractivity contribution in [3.05, 3.63) is 83.1 Å². The van der Waals surface area contributed by atoms with E-state index in [1.807, 2.05) is 43.5 Å². The zero-order valence-corrected chi connectivity index (χ0v) is 19.5. The summed E-state index contributed by atoms with van der Waals surface area (Å²) in [5, 5.41) is 4.45. The van der Waals surface area contributed by atoms with E-state index in [0.29, 0.717) is 30.2 Å². The van der Waals surface area contributed by atoms with E-state index < -0.39 is 0 Å². The highest BCUT2D eigenvalue weighted by Gasteiger charge is 2.23. The van der Waals surface area contributed by atoms with Crippen molar-refractivity contribution >= 4 is 5.91 Å². The van der Waals surface area contributed by atoms with Gasteiger partial charge in [-0.1, -0.05) is 6.07 Å². The topological polar surface area (TPSA) is 86.0 Å². The molecule has 0 spiro atoms. The van der Waals surface area contributed by atoms with Crippen molar-refractivity contribution in [2.75, 3.05) is 20.7 Å². The van der Waals surface area contributed by atoms with Crippen molar-refractivity contribution in [2.45, 2.75) is 26.2 Å². The zero-order valence-electron chi connectivity index (χ0n) is 19.5. The number of carbonyl (C=O) groups is 1. The third kappa shape index (κ3) is 4.03. The lowest BCUT2D eigenvalue weighted by molar-refractivity contribution is 0.0795. The standard InChI is InChI=1S/C26H26N6O2/c1-17-23(25(33)31(2)13-11-20-6-4-5-12-27-20)16-29-32(17)26-28-15-19-8-7-18-14-21(34-3)9-10-22(18)24(19)30-26/h4-6,9-10,12,14-16H,7-8,11,13H2,1-3H3.